The van der Waals surface area contributed by atoms with Gasteiger partial charge >= 0.3 is 0 Å². The molecule has 0 spiro atoms. The number of nitrogen functional groups attached to an aromatic ring is 1. The first-order valence-electron chi connectivity index (χ1n) is 5.39. The lowest BCUT2D eigenvalue weighted by Gasteiger charge is -2.12. The maximum absolute atomic E-state index is 11.7. The summed E-state index contributed by atoms with van der Waals surface area (Å²) >= 11 is 0. The molecular formula is C13H18N2O. The number of benzene rings is 1. The molecule has 1 atom stereocenters. The van der Waals surface area contributed by atoms with Crippen LogP contribution in [-0.4, -0.2) is 12.5 Å². The van der Waals surface area contributed by atoms with Crippen molar-refractivity contribution in [2.75, 3.05) is 12.3 Å². The largest absolute Gasteiger partial charge is 0.399 e. The number of rotatable bonds is 5. The molecule has 0 fully saturated rings. The fraction of sp³-hybridized carbons (Fsp3) is 0.308. The molecule has 3 N–H and O–H groups in total. The number of hydrogen-bond acceptors (Lipinski definition) is 2. The van der Waals surface area contributed by atoms with Crippen molar-refractivity contribution in [3.8, 4) is 0 Å². The van der Waals surface area contributed by atoms with Gasteiger partial charge in [0.25, 0.3) is 0 Å². The zero-order valence-corrected chi connectivity index (χ0v) is 9.57. The molecule has 1 unspecified atom stereocenters. The number of carbonyl (C=O) groups excluding carboxylic acids is 1. The Bertz CT molecular complexity index is 374. The number of carbonyl (C=O) groups is 1. The van der Waals surface area contributed by atoms with Gasteiger partial charge < -0.3 is 11.1 Å². The zero-order chi connectivity index (χ0) is 12.0. The first kappa shape index (κ1) is 12.3. The van der Waals surface area contributed by atoms with E-state index >= 15 is 0 Å². The topological polar surface area (TPSA) is 55.1 Å². The molecule has 0 aliphatic carbocycles. The van der Waals surface area contributed by atoms with Crippen molar-refractivity contribution in [3.63, 3.8) is 0 Å². The minimum absolute atomic E-state index is 0.0208. The first-order valence-corrected chi connectivity index (χ1v) is 5.39. The third kappa shape index (κ3) is 3.42. The number of anilines is 1. The summed E-state index contributed by atoms with van der Waals surface area (Å²) in [6.07, 6.45) is 2.57. The summed E-state index contributed by atoms with van der Waals surface area (Å²) in [4.78, 5) is 11.7. The van der Waals surface area contributed by atoms with Crippen LogP contribution in [0.5, 0.6) is 0 Å². The normalized spacial score (nSPS) is 11.8. The molecule has 1 aromatic carbocycles. The van der Waals surface area contributed by atoms with Crippen molar-refractivity contribution in [2.45, 2.75) is 19.3 Å². The van der Waals surface area contributed by atoms with Gasteiger partial charge in [0.05, 0.1) is 5.92 Å². The van der Waals surface area contributed by atoms with Gasteiger partial charge in [0.2, 0.25) is 5.91 Å². The van der Waals surface area contributed by atoms with Gasteiger partial charge in [0.15, 0.2) is 0 Å². The van der Waals surface area contributed by atoms with Crippen LogP contribution < -0.4 is 11.1 Å². The van der Waals surface area contributed by atoms with Crippen LogP contribution in [0, 0.1) is 0 Å². The Morgan fingerprint density at radius 1 is 1.62 bits per heavy atom. The fourth-order valence-electron chi connectivity index (χ4n) is 1.43. The van der Waals surface area contributed by atoms with Crippen LogP contribution in [0.2, 0.25) is 0 Å². The zero-order valence-electron chi connectivity index (χ0n) is 9.57. The molecule has 0 saturated carbocycles. The molecule has 0 saturated heterocycles. The summed E-state index contributed by atoms with van der Waals surface area (Å²) in [5.41, 5.74) is 7.30. The molecule has 0 aromatic heterocycles. The van der Waals surface area contributed by atoms with Crippen molar-refractivity contribution >= 4 is 11.6 Å². The Morgan fingerprint density at radius 2 is 2.38 bits per heavy atom. The maximum atomic E-state index is 11.7. The Morgan fingerprint density at radius 3 is 3.00 bits per heavy atom. The highest BCUT2D eigenvalue weighted by molar-refractivity contribution is 5.83. The lowest BCUT2D eigenvalue weighted by molar-refractivity contribution is -0.122. The Hall–Kier alpha value is -1.77. The van der Waals surface area contributed by atoms with Crippen molar-refractivity contribution in [3.05, 3.63) is 42.5 Å². The summed E-state index contributed by atoms with van der Waals surface area (Å²) in [6.45, 7) is 6.11. The minimum Gasteiger partial charge on any atom is -0.399 e. The third-order valence-corrected chi connectivity index (χ3v) is 2.45. The highest BCUT2D eigenvalue weighted by atomic mass is 16.1. The summed E-state index contributed by atoms with van der Waals surface area (Å²) in [7, 11) is 0. The van der Waals surface area contributed by atoms with Crippen molar-refractivity contribution in [2.24, 2.45) is 0 Å². The smallest absolute Gasteiger partial charge is 0.227 e. The molecule has 0 aliphatic heterocycles. The van der Waals surface area contributed by atoms with E-state index in [1.807, 2.05) is 31.2 Å². The lowest BCUT2D eigenvalue weighted by atomic mass is 10.00. The van der Waals surface area contributed by atoms with Crippen LogP contribution in [0.3, 0.4) is 0 Å². The molecular weight excluding hydrogens is 200 g/mol. The van der Waals surface area contributed by atoms with Gasteiger partial charge in [0.1, 0.15) is 0 Å². The van der Waals surface area contributed by atoms with Crippen LogP contribution >= 0.6 is 0 Å². The van der Waals surface area contributed by atoms with Gasteiger partial charge in [-0.15, -0.1) is 6.58 Å². The molecule has 16 heavy (non-hydrogen) atoms. The van der Waals surface area contributed by atoms with Crippen LogP contribution in [0.4, 0.5) is 5.69 Å². The lowest BCUT2D eigenvalue weighted by Crippen LogP contribution is -2.28. The standard InChI is InChI=1S/C13H18N2O/c1-3-4-8-15-13(16)10(2)11-6-5-7-12(14)9-11/h3,5-7,9-10H,1,4,8,14H2,2H3,(H,15,16). The van der Waals surface area contributed by atoms with E-state index in [-0.39, 0.29) is 11.8 Å². The van der Waals surface area contributed by atoms with Crippen LogP contribution in [0.15, 0.2) is 36.9 Å². The summed E-state index contributed by atoms with van der Waals surface area (Å²) in [5, 5.41) is 2.85. The van der Waals surface area contributed by atoms with Gasteiger partial charge in [-0.25, -0.2) is 0 Å². The second-order valence-corrected chi connectivity index (χ2v) is 3.76. The van der Waals surface area contributed by atoms with Gasteiger partial charge in [0, 0.05) is 12.2 Å². The number of hydrogen-bond donors (Lipinski definition) is 2. The van der Waals surface area contributed by atoms with Crippen LogP contribution in [-0.2, 0) is 4.79 Å². The predicted molar refractivity (Wildman–Crippen MR) is 67.1 cm³/mol. The first-order chi connectivity index (χ1) is 7.65. The number of nitrogens with two attached hydrogens (primary N) is 1. The SMILES string of the molecule is C=CCCNC(=O)C(C)c1cccc(N)c1. The van der Waals surface area contributed by atoms with Gasteiger partial charge in [-0.2, -0.15) is 0 Å². The van der Waals surface area contributed by atoms with E-state index in [1.54, 1.807) is 6.08 Å². The van der Waals surface area contributed by atoms with E-state index < -0.39 is 0 Å². The van der Waals surface area contributed by atoms with E-state index in [0.29, 0.717) is 12.2 Å². The molecule has 0 aliphatic rings. The molecule has 86 valence electrons. The monoisotopic (exact) mass is 218 g/mol. The van der Waals surface area contributed by atoms with E-state index in [4.69, 9.17) is 5.73 Å². The average molecular weight is 218 g/mol. The Labute approximate surface area is 96.3 Å². The second-order valence-electron chi connectivity index (χ2n) is 3.76. The fourth-order valence-corrected chi connectivity index (χ4v) is 1.43. The van der Waals surface area contributed by atoms with Crippen molar-refractivity contribution < 1.29 is 4.79 Å². The second kappa shape index (κ2) is 5.95. The van der Waals surface area contributed by atoms with E-state index in [0.717, 1.165) is 12.0 Å². The van der Waals surface area contributed by atoms with Gasteiger partial charge in [-0.3, -0.25) is 4.79 Å². The van der Waals surface area contributed by atoms with E-state index in [9.17, 15) is 4.79 Å². The number of nitrogens with one attached hydrogen (secondary N) is 1. The molecule has 0 bridgehead atoms. The Kier molecular flexibility index (Phi) is 4.58. The minimum atomic E-state index is -0.173. The quantitative estimate of drug-likeness (QED) is 0.451. The molecule has 1 rings (SSSR count). The maximum Gasteiger partial charge on any atom is 0.227 e. The molecule has 3 nitrogen and oxygen atoms in total. The molecule has 1 amide bonds. The van der Waals surface area contributed by atoms with Crippen molar-refractivity contribution in [1.82, 2.24) is 5.32 Å². The van der Waals surface area contributed by atoms with Crippen LogP contribution in [0.25, 0.3) is 0 Å². The molecule has 0 radical (unpaired) electrons. The van der Waals surface area contributed by atoms with Gasteiger partial charge in [-0.05, 0) is 31.0 Å². The summed E-state index contributed by atoms with van der Waals surface area (Å²) < 4.78 is 0. The molecule has 1 aromatic rings. The number of amides is 1. The summed E-state index contributed by atoms with van der Waals surface area (Å²) in [5.74, 6) is -0.152. The Balaban J connectivity index is 2.59. The third-order valence-electron chi connectivity index (χ3n) is 2.45. The predicted octanol–water partition coefficient (Wildman–Crippen LogP) is 2.06. The molecule has 0 heterocycles. The molecule has 3 heteroatoms. The van der Waals surface area contributed by atoms with Crippen molar-refractivity contribution in [1.29, 1.82) is 0 Å². The highest BCUT2D eigenvalue weighted by Gasteiger charge is 2.14. The highest BCUT2D eigenvalue weighted by Crippen LogP contribution is 2.17. The average Bonchev–Trinajstić information content (AvgIpc) is 2.28. The van der Waals surface area contributed by atoms with Crippen LogP contribution in [0.1, 0.15) is 24.8 Å². The van der Waals surface area contributed by atoms with E-state index in [1.165, 1.54) is 0 Å². The van der Waals surface area contributed by atoms with Gasteiger partial charge in [-0.1, -0.05) is 18.2 Å². The van der Waals surface area contributed by atoms with E-state index in [2.05, 4.69) is 11.9 Å². The summed E-state index contributed by atoms with van der Waals surface area (Å²) in [6, 6.07) is 7.41.